The van der Waals surface area contributed by atoms with Gasteiger partial charge in [-0.1, -0.05) is 13.0 Å². The summed E-state index contributed by atoms with van der Waals surface area (Å²) in [7, 11) is 0. The van der Waals surface area contributed by atoms with Crippen LogP contribution in [0.1, 0.15) is 44.9 Å². The lowest BCUT2D eigenvalue weighted by molar-refractivity contribution is 0.163. The van der Waals surface area contributed by atoms with E-state index < -0.39 is 0 Å². The van der Waals surface area contributed by atoms with Gasteiger partial charge < -0.3 is 10.6 Å². The fourth-order valence-electron chi connectivity index (χ4n) is 3.00. The molecule has 1 aliphatic heterocycles. The summed E-state index contributed by atoms with van der Waals surface area (Å²) in [4.78, 5) is 18.7. The Bertz CT molecular complexity index is 486. The molecule has 0 unspecified atom stereocenters. The molecular weight excluding hydrogens is 288 g/mol. The number of nitrogens with zero attached hydrogens (tertiary/aromatic N) is 2. The standard InChI is InChI=1S/C18H30N4O/c1-4-15-7-8-17(19-10-15)13-22-9-5-6-16(12-22)11-20-18(23)21-14(2)3/h7-8,10,14,16H,4-6,9,11-13H2,1-3H3,(H2,20,21,23)/t16-/m0/s1. The Kier molecular flexibility index (Phi) is 6.84. The van der Waals surface area contributed by atoms with Crippen molar-refractivity contribution < 1.29 is 4.79 Å². The highest BCUT2D eigenvalue weighted by molar-refractivity contribution is 5.74. The van der Waals surface area contributed by atoms with Gasteiger partial charge in [0.25, 0.3) is 0 Å². The van der Waals surface area contributed by atoms with E-state index in [1.807, 2.05) is 20.0 Å². The number of hydrogen-bond donors (Lipinski definition) is 2. The maximum Gasteiger partial charge on any atom is 0.314 e. The number of aryl methyl sites for hydroxylation is 1. The van der Waals surface area contributed by atoms with Gasteiger partial charge in [-0.05, 0) is 57.2 Å². The first-order valence-corrected chi connectivity index (χ1v) is 8.77. The molecule has 0 aromatic carbocycles. The summed E-state index contributed by atoms with van der Waals surface area (Å²) in [5.74, 6) is 0.525. The highest BCUT2D eigenvalue weighted by Gasteiger charge is 2.20. The third-order valence-electron chi connectivity index (χ3n) is 4.25. The number of carbonyl (C=O) groups excluding carboxylic acids is 1. The molecule has 1 aromatic heterocycles. The highest BCUT2D eigenvalue weighted by atomic mass is 16.2. The minimum absolute atomic E-state index is 0.0612. The molecule has 0 saturated carbocycles. The number of pyridine rings is 1. The number of hydrogen-bond acceptors (Lipinski definition) is 3. The van der Waals surface area contributed by atoms with Crippen LogP contribution in [-0.4, -0.2) is 41.6 Å². The number of amides is 2. The van der Waals surface area contributed by atoms with Crippen molar-refractivity contribution in [2.24, 2.45) is 5.92 Å². The Labute approximate surface area is 139 Å². The van der Waals surface area contributed by atoms with E-state index in [-0.39, 0.29) is 12.1 Å². The summed E-state index contributed by atoms with van der Waals surface area (Å²) in [6.45, 7) is 9.88. The number of likely N-dealkylation sites (tertiary alicyclic amines) is 1. The number of piperidine rings is 1. The molecule has 1 fully saturated rings. The summed E-state index contributed by atoms with van der Waals surface area (Å²) >= 11 is 0. The molecule has 0 spiro atoms. The van der Waals surface area contributed by atoms with Gasteiger partial charge >= 0.3 is 6.03 Å². The van der Waals surface area contributed by atoms with Crippen molar-refractivity contribution in [1.29, 1.82) is 0 Å². The molecule has 1 aliphatic rings. The number of rotatable bonds is 6. The van der Waals surface area contributed by atoms with Gasteiger partial charge in [0.05, 0.1) is 5.69 Å². The minimum Gasteiger partial charge on any atom is -0.338 e. The quantitative estimate of drug-likeness (QED) is 0.847. The topological polar surface area (TPSA) is 57.3 Å². The van der Waals surface area contributed by atoms with Gasteiger partial charge in [-0.25, -0.2) is 4.79 Å². The van der Waals surface area contributed by atoms with E-state index >= 15 is 0 Å². The fourth-order valence-corrected chi connectivity index (χ4v) is 3.00. The van der Waals surface area contributed by atoms with Crippen LogP contribution >= 0.6 is 0 Å². The first-order chi connectivity index (χ1) is 11.1. The normalized spacial score (nSPS) is 18.9. The first-order valence-electron chi connectivity index (χ1n) is 8.77. The third-order valence-corrected chi connectivity index (χ3v) is 4.25. The summed E-state index contributed by atoms with van der Waals surface area (Å²) < 4.78 is 0. The number of urea groups is 1. The Morgan fingerprint density at radius 1 is 1.43 bits per heavy atom. The van der Waals surface area contributed by atoms with Crippen LogP contribution in [0, 0.1) is 5.92 Å². The second-order valence-corrected chi connectivity index (χ2v) is 6.76. The van der Waals surface area contributed by atoms with Crippen LogP contribution in [-0.2, 0) is 13.0 Å². The van der Waals surface area contributed by atoms with Gasteiger partial charge in [-0.3, -0.25) is 9.88 Å². The fraction of sp³-hybridized carbons (Fsp3) is 0.667. The summed E-state index contributed by atoms with van der Waals surface area (Å²) in [5, 5.41) is 5.86. The molecule has 5 nitrogen and oxygen atoms in total. The smallest absolute Gasteiger partial charge is 0.314 e. The monoisotopic (exact) mass is 318 g/mol. The first kappa shape index (κ1) is 17.7. The number of aromatic nitrogens is 1. The maximum atomic E-state index is 11.7. The van der Waals surface area contributed by atoms with Crippen molar-refractivity contribution >= 4 is 6.03 Å². The van der Waals surface area contributed by atoms with Crippen LogP contribution in [0.25, 0.3) is 0 Å². The zero-order valence-corrected chi connectivity index (χ0v) is 14.6. The number of carbonyl (C=O) groups is 1. The lowest BCUT2D eigenvalue weighted by atomic mass is 9.98. The summed E-state index contributed by atoms with van der Waals surface area (Å²) in [5.41, 5.74) is 2.42. The van der Waals surface area contributed by atoms with Crippen molar-refractivity contribution in [1.82, 2.24) is 20.5 Å². The van der Waals surface area contributed by atoms with Gasteiger partial charge in [0, 0.05) is 31.9 Å². The summed E-state index contributed by atoms with van der Waals surface area (Å²) in [6, 6.07) is 4.42. The van der Waals surface area contributed by atoms with E-state index in [1.165, 1.54) is 18.4 Å². The van der Waals surface area contributed by atoms with E-state index in [0.29, 0.717) is 5.92 Å². The number of nitrogens with one attached hydrogen (secondary N) is 2. The SMILES string of the molecule is CCc1ccc(CN2CCC[C@@H](CNC(=O)NC(C)C)C2)nc1. The molecule has 23 heavy (non-hydrogen) atoms. The average molecular weight is 318 g/mol. The van der Waals surface area contributed by atoms with Crippen molar-refractivity contribution in [2.75, 3.05) is 19.6 Å². The van der Waals surface area contributed by atoms with Crippen LogP contribution in [0.15, 0.2) is 18.3 Å². The lowest BCUT2D eigenvalue weighted by Gasteiger charge is -2.32. The molecule has 2 N–H and O–H groups in total. The predicted molar refractivity (Wildman–Crippen MR) is 93.3 cm³/mol. The molecule has 0 bridgehead atoms. The zero-order chi connectivity index (χ0) is 16.7. The van der Waals surface area contributed by atoms with Crippen molar-refractivity contribution in [3.63, 3.8) is 0 Å². The van der Waals surface area contributed by atoms with E-state index in [2.05, 4.69) is 39.6 Å². The molecule has 1 atom stereocenters. The lowest BCUT2D eigenvalue weighted by Crippen LogP contribution is -2.45. The van der Waals surface area contributed by atoms with Gasteiger partial charge in [0.1, 0.15) is 0 Å². The van der Waals surface area contributed by atoms with E-state index in [0.717, 1.165) is 38.3 Å². The highest BCUT2D eigenvalue weighted by Crippen LogP contribution is 2.17. The van der Waals surface area contributed by atoms with Crippen LogP contribution < -0.4 is 10.6 Å². The molecule has 2 rings (SSSR count). The Morgan fingerprint density at radius 3 is 2.91 bits per heavy atom. The Hall–Kier alpha value is -1.62. The third kappa shape index (κ3) is 6.18. The molecule has 1 saturated heterocycles. The molecule has 5 heteroatoms. The van der Waals surface area contributed by atoms with Gasteiger partial charge in [-0.15, -0.1) is 0 Å². The predicted octanol–water partition coefficient (Wildman–Crippen LogP) is 2.56. The van der Waals surface area contributed by atoms with Crippen molar-refractivity contribution in [3.8, 4) is 0 Å². The van der Waals surface area contributed by atoms with E-state index in [9.17, 15) is 4.79 Å². The van der Waals surface area contributed by atoms with Crippen molar-refractivity contribution in [2.45, 2.75) is 52.6 Å². The average Bonchev–Trinajstić information content (AvgIpc) is 2.53. The molecule has 2 heterocycles. The zero-order valence-electron chi connectivity index (χ0n) is 14.6. The van der Waals surface area contributed by atoms with Gasteiger partial charge in [0.15, 0.2) is 0 Å². The molecule has 0 aliphatic carbocycles. The molecular formula is C18H30N4O. The Balaban J connectivity index is 1.77. The second kappa shape index (κ2) is 8.87. The van der Waals surface area contributed by atoms with Crippen molar-refractivity contribution in [3.05, 3.63) is 29.6 Å². The van der Waals surface area contributed by atoms with Crippen LogP contribution in [0.3, 0.4) is 0 Å². The van der Waals surface area contributed by atoms with Gasteiger partial charge in [0.2, 0.25) is 0 Å². The van der Waals surface area contributed by atoms with Crippen LogP contribution in [0.4, 0.5) is 4.79 Å². The van der Waals surface area contributed by atoms with E-state index in [1.54, 1.807) is 0 Å². The van der Waals surface area contributed by atoms with E-state index in [4.69, 9.17) is 0 Å². The van der Waals surface area contributed by atoms with Crippen LogP contribution in [0.2, 0.25) is 0 Å². The minimum atomic E-state index is -0.0612. The maximum absolute atomic E-state index is 11.7. The molecule has 2 amide bonds. The molecule has 128 valence electrons. The summed E-state index contributed by atoms with van der Waals surface area (Å²) in [6.07, 6.45) is 5.38. The largest absolute Gasteiger partial charge is 0.338 e. The molecule has 1 aromatic rings. The Morgan fingerprint density at radius 2 is 2.26 bits per heavy atom. The van der Waals surface area contributed by atoms with Crippen LogP contribution in [0.5, 0.6) is 0 Å². The van der Waals surface area contributed by atoms with Gasteiger partial charge in [-0.2, -0.15) is 0 Å². The second-order valence-electron chi connectivity index (χ2n) is 6.76. The molecule has 0 radical (unpaired) electrons.